The van der Waals surface area contributed by atoms with E-state index in [0.717, 1.165) is 0 Å². The molecule has 1 fully saturated rings. The summed E-state index contributed by atoms with van der Waals surface area (Å²) in [5, 5.41) is 0. The Morgan fingerprint density at radius 3 is 2.30 bits per heavy atom. The first-order valence-electron chi connectivity index (χ1n) is 6.30. The molecule has 8 heteroatoms. The van der Waals surface area contributed by atoms with Gasteiger partial charge in [0.25, 0.3) is 0 Å². The van der Waals surface area contributed by atoms with Gasteiger partial charge in [-0.05, 0) is 19.4 Å². The Labute approximate surface area is 120 Å². The third-order valence-corrected chi connectivity index (χ3v) is 5.78. The molecule has 0 aliphatic carbocycles. The van der Waals surface area contributed by atoms with Crippen molar-refractivity contribution in [1.29, 1.82) is 0 Å². The molecule has 20 heavy (non-hydrogen) atoms. The minimum absolute atomic E-state index is 0.200. The summed E-state index contributed by atoms with van der Waals surface area (Å²) in [6.45, 7) is 3.81. The molecule has 1 heterocycles. The Bertz CT molecular complexity index is 498. The van der Waals surface area contributed by atoms with Crippen molar-refractivity contribution in [3.05, 3.63) is 35.9 Å². The molecule has 1 aromatic rings. The second kappa shape index (κ2) is 6.93. The summed E-state index contributed by atoms with van der Waals surface area (Å²) in [6.07, 6.45) is -0.749. The van der Waals surface area contributed by atoms with Crippen LogP contribution in [0.25, 0.3) is 0 Å². The Morgan fingerprint density at radius 1 is 1.15 bits per heavy atom. The van der Waals surface area contributed by atoms with Crippen LogP contribution in [0.3, 0.4) is 0 Å². The maximum absolute atomic E-state index is 12.8. The van der Waals surface area contributed by atoms with Crippen molar-refractivity contribution in [2.45, 2.75) is 25.8 Å². The van der Waals surface area contributed by atoms with Crippen LogP contribution in [0.5, 0.6) is 0 Å². The summed E-state index contributed by atoms with van der Waals surface area (Å²) in [5.41, 5.74) is 0.711. The van der Waals surface area contributed by atoms with Gasteiger partial charge in [0.1, 0.15) is 6.10 Å². The minimum atomic E-state index is -3.57. The molecule has 3 atom stereocenters. The van der Waals surface area contributed by atoms with E-state index >= 15 is 0 Å². The Morgan fingerprint density at radius 2 is 1.75 bits per heavy atom. The highest BCUT2D eigenvalue weighted by molar-refractivity contribution is 7.76. The monoisotopic (exact) mass is 320 g/mol. The summed E-state index contributed by atoms with van der Waals surface area (Å²) in [5.74, 6) is -1.04. The van der Waals surface area contributed by atoms with Crippen molar-refractivity contribution in [2.24, 2.45) is 0 Å². The minimum Gasteiger partial charge on any atom is -0.307 e. The molecule has 0 radical (unpaired) electrons. The molecular weight excluding hydrogens is 303 g/mol. The lowest BCUT2D eigenvalue weighted by molar-refractivity contribution is 0.142. The van der Waals surface area contributed by atoms with Gasteiger partial charge in [-0.25, -0.2) is 4.18 Å². The van der Waals surface area contributed by atoms with Gasteiger partial charge in [-0.2, -0.15) is 4.21 Å². The van der Waals surface area contributed by atoms with Crippen LogP contribution < -0.4 is 0 Å². The highest BCUT2D eigenvalue weighted by Crippen LogP contribution is 2.60. The van der Waals surface area contributed by atoms with E-state index in [4.69, 9.17) is 17.4 Å². The molecule has 0 spiro atoms. The molecule has 0 aromatic heterocycles. The van der Waals surface area contributed by atoms with Crippen LogP contribution >= 0.6 is 7.60 Å². The van der Waals surface area contributed by atoms with Gasteiger partial charge in [0.2, 0.25) is 5.85 Å². The zero-order chi connectivity index (χ0) is 14.6. The molecule has 1 aliphatic rings. The lowest BCUT2D eigenvalue weighted by Gasteiger charge is -2.24. The van der Waals surface area contributed by atoms with Gasteiger partial charge in [-0.3, -0.25) is 8.75 Å². The zero-order valence-electron chi connectivity index (χ0n) is 11.3. The molecule has 2 rings (SSSR count). The van der Waals surface area contributed by atoms with E-state index in [-0.39, 0.29) is 13.2 Å². The summed E-state index contributed by atoms with van der Waals surface area (Å²) in [4.78, 5) is 0. The van der Waals surface area contributed by atoms with Crippen LogP contribution in [0, 0.1) is 0 Å². The number of benzene rings is 1. The van der Waals surface area contributed by atoms with Gasteiger partial charge in [-0.15, -0.1) is 0 Å². The highest BCUT2D eigenvalue weighted by atomic mass is 32.2. The molecule has 1 aliphatic heterocycles. The van der Waals surface area contributed by atoms with Crippen molar-refractivity contribution in [3.63, 3.8) is 0 Å². The Balaban J connectivity index is 2.32. The second-order valence-corrected chi connectivity index (χ2v) is 6.89. The van der Waals surface area contributed by atoms with Crippen LogP contribution in [0.2, 0.25) is 0 Å². The molecule has 6 nitrogen and oxygen atoms in total. The van der Waals surface area contributed by atoms with Crippen LogP contribution in [0.1, 0.15) is 25.5 Å². The van der Waals surface area contributed by atoms with E-state index in [1.165, 1.54) is 0 Å². The number of hydrogen-bond acceptors (Lipinski definition) is 6. The molecule has 1 unspecified atom stereocenters. The van der Waals surface area contributed by atoms with Crippen LogP contribution in [-0.2, 0) is 33.3 Å². The van der Waals surface area contributed by atoms with Gasteiger partial charge in [0, 0.05) is 0 Å². The molecule has 0 bridgehead atoms. The molecule has 0 saturated carbocycles. The summed E-state index contributed by atoms with van der Waals surface area (Å²) < 4.78 is 45.1. The number of rotatable bonds is 6. The SMILES string of the molecule is CCOP(=O)(OCC)[C@H]1OS(=O)O[C@@H]1c1ccccc1. The summed E-state index contributed by atoms with van der Waals surface area (Å²) in [7, 11) is -3.57. The van der Waals surface area contributed by atoms with Gasteiger partial charge in [0.15, 0.2) is 0 Å². The van der Waals surface area contributed by atoms with Gasteiger partial charge >= 0.3 is 19.0 Å². The van der Waals surface area contributed by atoms with E-state index < -0.39 is 30.9 Å². The fraction of sp³-hybridized carbons (Fsp3) is 0.500. The second-order valence-electron chi connectivity index (χ2n) is 3.99. The topological polar surface area (TPSA) is 71.1 Å². The molecule has 112 valence electrons. The summed E-state index contributed by atoms with van der Waals surface area (Å²) >= 11 is -1.97. The fourth-order valence-electron chi connectivity index (χ4n) is 1.91. The smallest absolute Gasteiger partial charge is 0.307 e. The average Bonchev–Trinajstić information content (AvgIpc) is 2.83. The maximum atomic E-state index is 12.8. The maximum Gasteiger partial charge on any atom is 0.363 e. The third kappa shape index (κ3) is 3.36. The Hall–Kier alpha value is -0.560. The first-order valence-corrected chi connectivity index (χ1v) is 8.91. The molecule has 1 aromatic carbocycles. The van der Waals surface area contributed by atoms with Crippen molar-refractivity contribution in [1.82, 2.24) is 0 Å². The average molecular weight is 320 g/mol. The van der Waals surface area contributed by atoms with Crippen molar-refractivity contribution < 1.29 is 26.2 Å². The van der Waals surface area contributed by atoms with Crippen LogP contribution in [0.15, 0.2) is 30.3 Å². The molecular formula is C12H17O6PS. The quantitative estimate of drug-likeness (QED) is 0.751. The van der Waals surface area contributed by atoms with E-state index in [2.05, 4.69) is 0 Å². The third-order valence-electron chi connectivity index (χ3n) is 2.68. The lowest BCUT2D eigenvalue weighted by atomic mass is 10.1. The van der Waals surface area contributed by atoms with Crippen molar-refractivity contribution in [2.75, 3.05) is 13.2 Å². The van der Waals surface area contributed by atoms with Gasteiger partial charge in [-0.1, -0.05) is 30.3 Å². The normalized spacial score (nSPS) is 26.8. The standard InChI is InChI=1S/C12H17O6PS/c1-3-15-19(13,16-4-2)12-11(17-20(14)18-12)10-8-6-5-7-9-10/h5-9,11-12H,3-4H2,1-2H3/t11-,12-,20?/m1/s1. The van der Waals surface area contributed by atoms with Gasteiger partial charge in [0.05, 0.1) is 13.2 Å². The van der Waals surface area contributed by atoms with E-state index in [0.29, 0.717) is 5.56 Å². The van der Waals surface area contributed by atoms with E-state index in [1.54, 1.807) is 26.0 Å². The predicted octanol–water partition coefficient (Wildman–Crippen LogP) is 2.95. The van der Waals surface area contributed by atoms with Gasteiger partial charge < -0.3 is 9.05 Å². The van der Waals surface area contributed by atoms with Crippen molar-refractivity contribution >= 4 is 19.0 Å². The zero-order valence-corrected chi connectivity index (χ0v) is 13.0. The molecule has 0 amide bonds. The first kappa shape index (κ1) is 15.8. The fourth-order valence-corrected chi connectivity index (χ4v) is 4.97. The molecule has 0 N–H and O–H groups in total. The highest BCUT2D eigenvalue weighted by Gasteiger charge is 2.50. The lowest BCUT2D eigenvalue weighted by Crippen LogP contribution is -2.19. The van der Waals surface area contributed by atoms with Crippen molar-refractivity contribution in [3.8, 4) is 0 Å². The Kier molecular flexibility index (Phi) is 5.49. The summed E-state index contributed by atoms with van der Waals surface area (Å²) in [6, 6.07) is 9.03. The first-order chi connectivity index (χ1) is 9.60. The van der Waals surface area contributed by atoms with Crippen LogP contribution in [0.4, 0.5) is 0 Å². The molecule has 1 saturated heterocycles. The van der Waals surface area contributed by atoms with E-state index in [9.17, 15) is 8.77 Å². The van der Waals surface area contributed by atoms with Crippen LogP contribution in [-0.4, -0.2) is 23.3 Å². The number of hydrogen-bond donors (Lipinski definition) is 0. The largest absolute Gasteiger partial charge is 0.363 e. The predicted molar refractivity (Wildman–Crippen MR) is 74.1 cm³/mol. The van der Waals surface area contributed by atoms with E-state index in [1.807, 2.05) is 18.2 Å².